The largest absolute Gasteiger partial charge is 0.471 e. The van der Waals surface area contributed by atoms with Crippen LogP contribution in [0.1, 0.15) is 11.5 Å². The van der Waals surface area contributed by atoms with E-state index in [0.29, 0.717) is 12.0 Å². The number of alkyl halides is 3. The van der Waals surface area contributed by atoms with E-state index in [1.54, 1.807) is 38.5 Å². The molecule has 98 valence electrons. The topological polar surface area (TPSA) is 51.3 Å². The zero-order valence-electron chi connectivity index (χ0n) is 9.98. The predicted octanol–water partition coefficient (Wildman–Crippen LogP) is 1.92. The van der Waals surface area contributed by atoms with E-state index in [2.05, 4.69) is 19.6 Å². The highest BCUT2D eigenvalue weighted by Gasteiger charge is 2.38. The lowest BCUT2D eigenvalue weighted by Crippen LogP contribution is -2.04. The van der Waals surface area contributed by atoms with Gasteiger partial charge in [-0.15, -0.1) is 0 Å². The molecule has 8 heteroatoms. The maximum atomic E-state index is 12.3. The lowest BCUT2D eigenvalue weighted by Gasteiger charge is -1.98. The second-order valence-corrected chi connectivity index (χ2v) is 3.76. The van der Waals surface area contributed by atoms with Crippen molar-refractivity contribution in [3.63, 3.8) is 0 Å². The van der Waals surface area contributed by atoms with Crippen molar-refractivity contribution in [2.24, 2.45) is 4.90 Å². The van der Waals surface area contributed by atoms with Crippen LogP contribution in [0.5, 0.6) is 0 Å². The fraction of sp³-hybridized carbons (Fsp3) is 0.182. The van der Waals surface area contributed by atoms with Gasteiger partial charge < -0.3 is 9.43 Å². The molecule has 0 radical (unpaired) electrons. The molecule has 0 spiro atoms. The van der Waals surface area contributed by atoms with E-state index in [0.717, 1.165) is 5.56 Å². The smallest absolute Gasteiger partial charge is 0.362 e. The van der Waals surface area contributed by atoms with Gasteiger partial charge in [-0.2, -0.15) is 18.2 Å². The Morgan fingerprint density at radius 2 is 1.95 bits per heavy atom. The van der Waals surface area contributed by atoms with E-state index in [1.165, 1.54) is 0 Å². The van der Waals surface area contributed by atoms with Gasteiger partial charge in [-0.3, -0.25) is 0 Å². The van der Waals surface area contributed by atoms with Crippen molar-refractivity contribution in [3.8, 4) is 11.4 Å². The summed E-state index contributed by atoms with van der Waals surface area (Å²) in [6, 6.07) is 6.84. The van der Waals surface area contributed by atoms with Crippen molar-refractivity contribution in [3.05, 3.63) is 35.7 Å². The van der Waals surface area contributed by atoms with Crippen molar-refractivity contribution in [1.29, 1.82) is 0 Å². The summed E-state index contributed by atoms with van der Waals surface area (Å²) in [6.45, 7) is 0. The third-order valence-electron chi connectivity index (χ3n) is 2.39. The summed E-state index contributed by atoms with van der Waals surface area (Å²) in [4.78, 5) is 7.17. The first-order valence-electron chi connectivity index (χ1n) is 5.41. The maximum Gasteiger partial charge on any atom is 0.471 e. The molecule has 0 bridgehead atoms. The SMILES string of the molecule is B/N=C\Cc1ccc(-c2noc(C(F)(F)F)n2)cc1. The molecule has 0 saturated heterocycles. The van der Waals surface area contributed by atoms with Crippen molar-refractivity contribution >= 4 is 14.2 Å². The molecule has 1 aromatic heterocycles. The average Bonchev–Trinajstić information content (AvgIpc) is 2.86. The molecule has 0 amide bonds. The fourth-order valence-electron chi connectivity index (χ4n) is 1.44. The molecular weight excluding hydrogens is 258 g/mol. The fourth-order valence-corrected chi connectivity index (χ4v) is 1.44. The Morgan fingerprint density at radius 3 is 2.47 bits per heavy atom. The first-order valence-corrected chi connectivity index (χ1v) is 5.41. The molecule has 19 heavy (non-hydrogen) atoms. The zero-order chi connectivity index (χ0) is 13.9. The molecule has 0 N–H and O–H groups in total. The van der Waals surface area contributed by atoms with E-state index < -0.39 is 12.1 Å². The molecule has 0 aliphatic rings. The van der Waals surface area contributed by atoms with Gasteiger partial charge in [0.25, 0.3) is 0 Å². The van der Waals surface area contributed by atoms with E-state index >= 15 is 0 Å². The van der Waals surface area contributed by atoms with Gasteiger partial charge in [0.2, 0.25) is 13.8 Å². The molecule has 1 aromatic carbocycles. The predicted molar refractivity (Wildman–Crippen MR) is 65.5 cm³/mol. The summed E-state index contributed by atoms with van der Waals surface area (Å²) in [5.41, 5.74) is 1.46. The van der Waals surface area contributed by atoms with Gasteiger partial charge in [0.05, 0.1) is 0 Å². The standard InChI is InChI=1S/C11H9BF3N3O/c12-16-6-5-7-1-3-8(4-2-7)9-17-10(19-18-9)11(13,14)15/h1-4,6H,5,12H2/b16-6-. The van der Waals surface area contributed by atoms with E-state index in [9.17, 15) is 13.2 Å². The normalized spacial score (nSPS) is 12.2. The second-order valence-electron chi connectivity index (χ2n) is 3.76. The van der Waals surface area contributed by atoms with Gasteiger partial charge in [-0.05, 0) is 11.8 Å². The molecule has 2 aromatic rings. The zero-order valence-corrected chi connectivity index (χ0v) is 9.98. The molecule has 0 atom stereocenters. The van der Waals surface area contributed by atoms with Gasteiger partial charge >= 0.3 is 12.1 Å². The van der Waals surface area contributed by atoms with Crippen molar-refractivity contribution in [2.75, 3.05) is 0 Å². The van der Waals surface area contributed by atoms with Crippen LogP contribution < -0.4 is 0 Å². The van der Waals surface area contributed by atoms with Crippen LogP contribution in [0.3, 0.4) is 0 Å². The van der Waals surface area contributed by atoms with E-state index in [-0.39, 0.29) is 5.82 Å². The number of aromatic nitrogens is 2. The van der Waals surface area contributed by atoms with Crippen LogP contribution in [-0.2, 0) is 12.6 Å². The average molecular weight is 267 g/mol. The highest BCUT2D eigenvalue weighted by molar-refractivity contribution is 6.09. The Morgan fingerprint density at radius 1 is 1.26 bits per heavy atom. The summed E-state index contributed by atoms with van der Waals surface area (Å²) in [6.07, 6.45) is -2.22. The number of hydrogen-bond acceptors (Lipinski definition) is 4. The molecule has 0 saturated carbocycles. The quantitative estimate of drug-likeness (QED) is 0.630. The Balaban J connectivity index is 2.20. The molecule has 0 fully saturated rings. The molecule has 0 aliphatic carbocycles. The molecular formula is C11H9BF3N3O. The van der Waals surface area contributed by atoms with E-state index in [4.69, 9.17) is 0 Å². The minimum Gasteiger partial charge on any atom is -0.362 e. The third kappa shape index (κ3) is 3.21. The summed E-state index contributed by atoms with van der Waals surface area (Å²) in [7, 11) is 1.67. The van der Waals surface area contributed by atoms with Crippen LogP contribution in [0.25, 0.3) is 11.4 Å². The third-order valence-corrected chi connectivity index (χ3v) is 2.39. The first kappa shape index (κ1) is 13.3. The van der Waals surface area contributed by atoms with Gasteiger partial charge in [-0.1, -0.05) is 29.4 Å². The lowest BCUT2D eigenvalue weighted by atomic mass is 10.1. The minimum atomic E-state index is -4.62. The Labute approximate surface area is 107 Å². The molecule has 0 unspecified atom stereocenters. The number of rotatable bonds is 3. The summed E-state index contributed by atoms with van der Waals surface area (Å²) >= 11 is 0. The highest BCUT2D eigenvalue weighted by atomic mass is 19.4. The second kappa shape index (κ2) is 5.25. The Hall–Kier alpha value is -2.12. The number of hydrogen-bond donors (Lipinski definition) is 0. The van der Waals surface area contributed by atoms with Crippen molar-refractivity contribution in [1.82, 2.24) is 10.1 Å². The summed E-state index contributed by atoms with van der Waals surface area (Å²) < 4.78 is 41.1. The first-order chi connectivity index (χ1) is 9.00. The summed E-state index contributed by atoms with van der Waals surface area (Å²) in [5, 5.41) is 3.31. The van der Waals surface area contributed by atoms with Gasteiger partial charge in [0.1, 0.15) is 0 Å². The molecule has 0 aliphatic heterocycles. The van der Waals surface area contributed by atoms with Gasteiger partial charge in [0, 0.05) is 12.0 Å². The van der Waals surface area contributed by atoms with Crippen LogP contribution in [0, 0.1) is 0 Å². The lowest BCUT2D eigenvalue weighted by molar-refractivity contribution is -0.159. The Bertz CT molecular complexity index is 578. The van der Waals surface area contributed by atoms with Crippen LogP contribution >= 0.6 is 0 Å². The number of halogens is 3. The monoisotopic (exact) mass is 267 g/mol. The van der Waals surface area contributed by atoms with E-state index in [1.807, 2.05) is 0 Å². The van der Waals surface area contributed by atoms with Crippen LogP contribution in [0.15, 0.2) is 33.7 Å². The highest BCUT2D eigenvalue weighted by Crippen LogP contribution is 2.29. The van der Waals surface area contributed by atoms with Crippen LogP contribution in [0.4, 0.5) is 13.2 Å². The summed E-state index contributed by atoms with van der Waals surface area (Å²) in [5.74, 6) is -1.42. The van der Waals surface area contributed by atoms with Gasteiger partial charge in [0.15, 0.2) is 0 Å². The van der Waals surface area contributed by atoms with Crippen LogP contribution in [0.2, 0.25) is 0 Å². The Kier molecular flexibility index (Phi) is 3.68. The van der Waals surface area contributed by atoms with Crippen molar-refractivity contribution < 1.29 is 17.7 Å². The molecule has 2 rings (SSSR count). The number of nitrogens with zero attached hydrogens (tertiary/aromatic N) is 3. The molecule has 4 nitrogen and oxygen atoms in total. The van der Waals surface area contributed by atoms with Crippen molar-refractivity contribution in [2.45, 2.75) is 12.6 Å². The maximum absolute atomic E-state index is 12.3. The molecule has 1 heterocycles. The van der Waals surface area contributed by atoms with Gasteiger partial charge in [-0.25, -0.2) is 0 Å². The number of benzene rings is 1. The van der Waals surface area contributed by atoms with Crippen LogP contribution in [-0.4, -0.2) is 24.3 Å². The minimum absolute atomic E-state index is 0.0805.